The van der Waals surface area contributed by atoms with E-state index in [0.717, 1.165) is 25.7 Å². The molecule has 7 heteroatoms. The highest BCUT2D eigenvalue weighted by Crippen LogP contribution is 2.17. The second-order valence-corrected chi connectivity index (χ2v) is 6.81. The number of esters is 1. The van der Waals surface area contributed by atoms with Gasteiger partial charge in [0.05, 0.1) is 12.2 Å². The summed E-state index contributed by atoms with van der Waals surface area (Å²) in [6, 6.07) is 6.06. The molecule has 1 aromatic rings. The fourth-order valence-corrected chi connectivity index (χ4v) is 2.62. The van der Waals surface area contributed by atoms with E-state index in [1.54, 1.807) is 24.3 Å². The minimum absolute atomic E-state index is 0.113. The quantitative estimate of drug-likeness (QED) is 0.727. The third-order valence-electron chi connectivity index (χ3n) is 3.95. The van der Waals surface area contributed by atoms with Crippen LogP contribution in [-0.4, -0.2) is 37.2 Å². The van der Waals surface area contributed by atoms with E-state index < -0.39 is 24.5 Å². The molecule has 3 amide bonds. The molecule has 2 N–H and O–H groups in total. The van der Waals surface area contributed by atoms with Gasteiger partial charge in [-0.25, -0.2) is 9.59 Å². The molecule has 0 aliphatic heterocycles. The maximum absolute atomic E-state index is 11.9. The van der Waals surface area contributed by atoms with Crippen LogP contribution in [0.3, 0.4) is 0 Å². The van der Waals surface area contributed by atoms with Crippen LogP contribution in [0.1, 0.15) is 49.9 Å². The van der Waals surface area contributed by atoms with Gasteiger partial charge in [0.15, 0.2) is 6.61 Å². The summed E-state index contributed by atoms with van der Waals surface area (Å²) in [5, 5.41) is 4.89. The number of benzene rings is 1. The minimum Gasteiger partial charge on any atom is -0.493 e. The van der Waals surface area contributed by atoms with Gasteiger partial charge in [0, 0.05) is 6.04 Å². The lowest BCUT2D eigenvalue weighted by Crippen LogP contribution is -2.44. The molecule has 1 fully saturated rings. The summed E-state index contributed by atoms with van der Waals surface area (Å²) in [6.07, 6.45) is 4.01. The Morgan fingerprint density at radius 1 is 1.12 bits per heavy atom. The van der Waals surface area contributed by atoms with Crippen molar-refractivity contribution < 1.29 is 23.9 Å². The number of urea groups is 1. The number of rotatable bonds is 7. The number of nitrogens with one attached hydrogen (secondary N) is 2. The zero-order valence-corrected chi connectivity index (χ0v) is 15.2. The number of carbonyl (C=O) groups is 3. The van der Waals surface area contributed by atoms with Gasteiger partial charge < -0.3 is 14.8 Å². The molecule has 0 aromatic heterocycles. The summed E-state index contributed by atoms with van der Waals surface area (Å²) in [5.41, 5.74) is 0.310. The maximum Gasteiger partial charge on any atom is 0.338 e. The summed E-state index contributed by atoms with van der Waals surface area (Å²) in [7, 11) is 0. The van der Waals surface area contributed by atoms with Crippen molar-refractivity contribution in [3.05, 3.63) is 29.8 Å². The Morgan fingerprint density at radius 3 is 2.38 bits per heavy atom. The molecule has 142 valence electrons. The predicted molar refractivity (Wildman–Crippen MR) is 96.0 cm³/mol. The van der Waals surface area contributed by atoms with Crippen LogP contribution >= 0.6 is 0 Å². The van der Waals surface area contributed by atoms with Crippen molar-refractivity contribution in [2.24, 2.45) is 5.92 Å². The largest absolute Gasteiger partial charge is 0.493 e. The van der Waals surface area contributed by atoms with Gasteiger partial charge in [0.1, 0.15) is 5.75 Å². The van der Waals surface area contributed by atoms with Crippen molar-refractivity contribution in [2.45, 2.75) is 45.6 Å². The first-order valence-electron chi connectivity index (χ1n) is 8.94. The Labute approximate surface area is 153 Å². The standard InChI is InChI=1S/C19H26N2O5/c1-13(2)11-25-16-9-7-14(8-10-16)18(23)26-12-17(22)21-19(24)20-15-5-3-4-6-15/h7-10,13,15H,3-6,11-12H2,1-2H3,(H2,20,21,22,24). The maximum atomic E-state index is 11.9. The van der Waals surface area contributed by atoms with Gasteiger partial charge in [-0.15, -0.1) is 0 Å². The van der Waals surface area contributed by atoms with E-state index >= 15 is 0 Å². The van der Waals surface area contributed by atoms with E-state index in [1.807, 2.05) is 13.8 Å². The van der Waals surface area contributed by atoms with Crippen LogP contribution in [0.4, 0.5) is 4.79 Å². The van der Waals surface area contributed by atoms with Crippen LogP contribution in [0.5, 0.6) is 5.75 Å². The SMILES string of the molecule is CC(C)COc1ccc(C(=O)OCC(=O)NC(=O)NC2CCCC2)cc1. The third-order valence-corrected chi connectivity index (χ3v) is 3.95. The molecule has 2 rings (SSSR count). The minimum atomic E-state index is -0.661. The molecule has 7 nitrogen and oxygen atoms in total. The lowest BCUT2D eigenvalue weighted by molar-refractivity contribution is -0.123. The Balaban J connectivity index is 1.71. The Bertz CT molecular complexity index is 621. The topological polar surface area (TPSA) is 93.7 Å². The van der Waals surface area contributed by atoms with E-state index in [0.29, 0.717) is 23.8 Å². The van der Waals surface area contributed by atoms with E-state index in [-0.39, 0.29) is 6.04 Å². The van der Waals surface area contributed by atoms with Crippen molar-refractivity contribution in [3.8, 4) is 5.75 Å². The normalized spacial score (nSPS) is 14.1. The van der Waals surface area contributed by atoms with Crippen molar-refractivity contribution in [1.29, 1.82) is 0 Å². The number of ether oxygens (including phenoxy) is 2. The summed E-state index contributed by atoms with van der Waals surface area (Å²) in [6.45, 7) is 4.17. The van der Waals surface area contributed by atoms with Gasteiger partial charge in [-0.1, -0.05) is 26.7 Å². The lowest BCUT2D eigenvalue weighted by atomic mass is 10.2. The summed E-state index contributed by atoms with van der Waals surface area (Å²) in [4.78, 5) is 35.3. The van der Waals surface area contributed by atoms with Crippen LogP contribution < -0.4 is 15.4 Å². The molecule has 0 bridgehead atoms. The number of hydrogen-bond acceptors (Lipinski definition) is 5. The summed E-state index contributed by atoms with van der Waals surface area (Å²) < 4.78 is 10.5. The monoisotopic (exact) mass is 362 g/mol. The van der Waals surface area contributed by atoms with Gasteiger partial charge in [-0.2, -0.15) is 0 Å². The van der Waals surface area contributed by atoms with Crippen LogP contribution in [0.15, 0.2) is 24.3 Å². The molecule has 0 radical (unpaired) electrons. The molecular formula is C19H26N2O5. The Hall–Kier alpha value is -2.57. The van der Waals surface area contributed by atoms with Crippen LogP contribution in [0.2, 0.25) is 0 Å². The molecule has 0 saturated heterocycles. The molecule has 26 heavy (non-hydrogen) atoms. The van der Waals surface area contributed by atoms with Gasteiger partial charge in [-0.05, 0) is 43.0 Å². The number of imide groups is 1. The van der Waals surface area contributed by atoms with Gasteiger partial charge in [-0.3, -0.25) is 10.1 Å². The van der Waals surface area contributed by atoms with E-state index in [2.05, 4.69) is 10.6 Å². The van der Waals surface area contributed by atoms with Crippen molar-refractivity contribution in [1.82, 2.24) is 10.6 Å². The first kappa shape index (κ1) is 19.8. The van der Waals surface area contributed by atoms with E-state index in [9.17, 15) is 14.4 Å². The highest BCUT2D eigenvalue weighted by molar-refractivity contribution is 5.97. The van der Waals surface area contributed by atoms with E-state index in [4.69, 9.17) is 9.47 Å². The van der Waals surface area contributed by atoms with Gasteiger partial charge in [0.2, 0.25) is 0 Å². The Kier molecular flexibility index (Phi) is 7.44. The fraction of sp³-hybridized carbons (Fsp3) is 0.526. The van der Waals surface area contributed by atoms with Crippen molar-refractivity contribution in [2.75, 3.05) is 13.2 Å². The highest BCUT2D eigenvalue weighted by atomic mass is 16.5. The predicted octanol–water partition coefficient (Wildman–Crippen LogP) is 2.65. The first-order chi connectivity index (χ1) is 12.4. The molecule has 1 aromatic carbocycles. The van der Waals surface area contributed by atoms with Crippen LogP contribution in [0, 0.1) is 5.92 Å². The smallest absolute Gasteiger partial charge is 0.338 e. The van der Waals surface area contributed by atoms with Gasteiger partial charge in [0.25, 0.3) is 5.91 Å². The molecule has 0 spiro atoms. The lowest BCUT2D eigenvalue weighted by Gasteiger charge is -2.12. The third kappa shape index (κ3) is 6.74. The fourth-order valence-electron chi connectivity index (χ4n) is 2.62. The van der Waals surface area contributed by atoms with Crippen LogP contribution in [0.25, 0.3) is 0 Å². The van der Waals surface area contributed by atoms with Crippen molar-refractivity contribution in [3.63, 3.8) is 0 Å². The van der Waals surface area contributed by atoms with Gasteiger partial charge >= 0.3 is 12.0 Å². The average Bonchev–Trinajstić information content (AvgIpc) is 3.11. The summed E-state index contributed by atoms with van der Waals surface area (Å²) >= 11 is 0. The zero-order valence-electron chi connectivity index (χ0n) is 15.2. The number of hydrogen-bond donors (Lipinski definition) is 2. The molecule has 0 atom stereocenters. The molecule has 1 saturated carbocycles. The molecule has 0 heterocycles. The van der Waals surface area contributed by atoms with Crippen molar-refractivity contribution >= 4 is 17.9 Å². The van der Waals surface area contributed by atoms with Crippen LogP contribution in [-0.2, 0) is 9.53 Å². The highest BCUT2D eigenvalue weighted by Gasteiger charge is 2.18. The summed E-state index contributed by atoms with van der Waals surface area (Å²) in [5.74, 6) is -0.224. The van der Waals surface area contributed by atoms with E-state index in [1.165, 1.54) is 0 Å². The molecule has 1 aliphatic carbocycles. The second-order valence-electron chi connectivity index (χ2n) is 6.81. The molecule has 1 aliphatic rings. The average molecular weight is 362 g/mol. The first-order valence-corrected chi connectivity index (χ1v) is 8.94. The number of carbonyl (C=O) groups excluding carboxylic acids is 3. The second kappa shape index (κ2) is 9.79. The zero-order chi connectivity index (χ0) is 18.9. The Morgan fingerprint density at radius 2 is 1.77 bits per heavy atom. The number of amides is 3. The molecular weight excluding hydrogens is 336 g/mol. The molecule has 0 unspecified atom stereocenters.